The fraction of sp³-hybridized carbons (Fsp3) is 0.455. The number of aliphatic hydroxyl groups excluding tert-OH is 1. The highest BCUT2D eigenvalue weighted by Crippen LogP contribution is 2.07. The highest BCUT2D eigenvalue weighted by molar-refractivity contribution is 9.10. The molecule has 0 aliphatic carbocycles. The van der Waals surface area contributed by atoms with Crippen LogP contribution < -0.4 is 5.32 Å². The van der Waals surface area contributed by atoms with Gasteiger partial charge in [0.15, 0.2) is 0 Å². The van der Waals surface area contributed by atoms with E-state index in [-0.39, 0.29) is 12.5 Å². The van der Waals surface area contributed by atoms with E-state index in [9.17, 15) is 4.79 Å². The first-order valence-corrected chi connectivity index (χ1v) is 7.27. The Morgan fingerprint density at radius 2 is 2.29 bits per heavy atom. The Labute approximate surface area is 113 Å². The van der Waals surface area contributed by atoms with Crippen LogP contribution in [0.4, 0.5) is 0 Å². The van der Waals surface area contributed by atoms with Crippen molar-refractivity contribution in [2.45, 2.75) is 6.42 Å². The summed E-state index contributed by atoms with van der Waals surface area (Å²) in [5, 5.41) is 11.4. The number of thioether (sulfide) groups is 1. The first kappa shape index (κ1) is 14.5. The van der Waals surface area contributed by atoms with Crippen LogP contribution in [0.5, 0.6) is 0 Å². The summed E-state index contributed by atoms with van der Waals surface area (Å²) in [4.78, 5) is 15.6. The van der Waals surface area contributed by atoms with Gasteiger partial charge in [-0.05, 0) is 40.2 Å². The van der Waals surface area contributed by atoms with Gasteiger partial charge in [-0.15, -0.1) is 0 Å². The minimum atomic E-state index is -0.153. The summed E-state index contributed by atoms with van der Waals surface area (Å²) in [5.74, 6) is 1.62. The predicted molar refractivity (Wildman–Crippen MR) is 73.3 cm³/mol. The molecule has 0 spiro atoms. The first-order chi connectivity index (χ1) is 8.24. The van der Waals surface area contributed by atoms with E-state index in [0.717, 1.165) is 22.4 Å². The number of nitrogens with one attached hydrogen (secondary N) is 1. The molecule has 1 heterocycles. The third-order valence-corrected chi connectivity index (χ3v) is 3.48. The third-order valence-electron chi connectivity index (χ3n) is 1.94. The number of aromatic nitrogens is 1. The molecular formula is C11H15BrN2O2S. The molecule has 0 bridgehead atoms. The fourth-order valence-corrected chi connectivity index (χ4v) is 2.12. The van der Waals surface area contributed by atoms with Gasteiger partial charge < -0.3 is 10.4 Å². The van der Waals surface area contributed by atoms with Gasteiger partial charge >= 0.3 is 0 Å². The van der Waals surface area contributed by atoms with E-state index >= 15 is 0 Å². The zero-order valence-electron chi connectivity index (χ0n) is 9.36. The number of pyridine rings is 1. The summed E-state index contributed by atoms with van der Waals surface area (Å²) in [6.45, 7) is 0.842. The number of aliphatic hydroxyl groups is 1. The second-order valence-electron chi connectivity index (χ2n) is 3.31. The maximum Gasteiger partial charge on any atom is 0.269 e. The fourth-order valence-electron chi connectivity index (χ4n) is 1.11. The molecule has 1 rings (SSSR count). The number of amides is 1. The summed E-state index contributed by atoms with van der Waals surface area (Å²) >= 11 is 4.98. The van der Waals surface area contributed by atoms with E-state index in [1.54, 1.807) is 30.1 Å². The lowest BCUT2D eigenvalue weighted by atomic mass is 10.3. The molecule has 0 aliphatic heterocycles. The predicted octanol–water partition coefficient (Wildman–Crippen LogP) is 1.69. The Bertz CT molecular complexity index is 346. The van der Waals surface area contributed by atoms with Crippen LogP contribution in [0.3, 0.4) is 0 Å². The molecule has 6 heteroatoms. The molecule has 0 radical (unpaired) electrons. The monoisotopic (exact) mass is 318 g/mol. The minimum absolute atomic E-state index is 0.153. The summed E-state index contributed by atoms with van der Waals surface area (Å²) in [6.07, 6.45) is 2.40. The summed E-state index contributed by atoms with van der Waals surface area (Å²) in [5.41, 5.74) is 0.425. The SMILES string of the molecule is O=C(NCCSCCCO)c1ccc(Br)cn1. The number of rotatable bonds is 7. The number of hydrogen-bond acceptors (Lipinski definition) is 4. The quantitative estimate of drug-likeness (QED) is 0.751. The molecule has 0 aromatic carbocycles. The van der Waals surface area contributed by atoms with E-state index in [2.05, 4.69) is 26.2 Å². The highest BCUT2D eigenvalue weighted by Gasteiger charge is 2.05. The maximum atomic E-state index is 11.6. The van der Waals surface area contributed by atoms with Crippen LogP contribution >= 0.6 is 27.7 Å². The van der Waals surface area contributed by atoms with Crippen LogP contribution in [0, 0.1) is 0 Å². The minimum Gasteiger partial charge on any atom is -0.396 e. The second kappa shape index (κ2) is 8.49. The van der Waals surface area contributed by atoms with E-state index < -0.39 is 0 Å². The van der Waals surface area contributed by atoms with Gasteiger partial charge in [0.1, 0.15) is 5.69 Å². The third kappa shape index (κ3) is 6.05. The number of halogens is 1. The van der Waals surface area contributed by atoms with Gasteiger partial charge in [-0.2, -0.15) is 11.8 Å². The van der Waals surface area contributed by atoms with Crippen molar-refractivity contribution in [1.82, 2.24) is 10.3 Å². The van der Waals surface area contributed by atoms with Crippen LogP contribution in [0.25, 0.3) is 0 Å². The number of nitrogens with zero attached hydrogens (tertiary/aromatic N) is 1. The Morgan fingerprint density at radius 3 is 2.94 bits per heavy atom. The van der Waals surface area contributed by atoms with Crippen molar-refractivity contribution < 1.29 is 9.90 Å². The lowest BCUT2D eigenvalue weighted by Crippen LogP contribution is -2.26. The second-order valence-corrected chi connectivity index (χ2v) is 5.45. The largest absolute Gasteiger partial charge is 0.396 e. The molecule has 2 N–H and O–H groups in total. The molecule has 1 aromatic rings. The Hall–Kier alpha value is -0.590. The van der Waals surface area contributed by atoms with Crippen molar-refractivity contribution in [2.75, 3.05) is 24.7 Å². The van der Waals surface area contributed by atoms with Crippen molar-refractivity contribution in [3.63, 3.8) is 0 Å². The van der Waals surface area contributed by atoms with Crippen LogP contribution in [0.1, 0.15) is 16.9 Å². The van der Waals surface area contributed by atoms with Crippen molar-refractivity contribution in [1.29, 1.82) is 0 Å². The molecule has 0 aliphatic rings. The molecule has 94 valence electrons. The standard InChI is InChI=1S/C11H15BrN2O2S/c12-9-2-3-10(14-8-9)11(16)13-4-7-17-6-1-5-15/h2-3,8,15H,1,4-7H2,(H,13,16). The van der Waals surface area contributed by atoms with E-state index in [1.165, 1.54) is 0 Å². The van der Waals surface area contributed by atoms with Crippen molar-refractivity contribution in [3.05, 3.63) is 28.5 Å². The van der Waals surface area contributed by atoms with Gasteiger partial charge in [-0.1, -0.05) is 0 Å². The average molecular weight is 319 g/mol. The number of carbonyl (C=O) groups excluding carboxylic acids is 1. The smallest absolute Gasteiger partial charge is 0.269 e. The van der Waals surface area contributed by atoms with Gasteiger partial charge in [-0.3, -0.25) is 4.79 Å². The molecular weight excluding hydrogens is 304 g/mol. The molecule has 4 nitrogen and oxygen atoms in total. The Balaban J connectivity index is 2.19. The molecule has 0 atom stereocenters. The van der Waals surface area contributed by atoms with E-state index in [1.807, 2.05) is 0 Å². The molecule has 17 heavy (non-hydrogen) atoms. The van der Waals surface area contributed by atoms with Crippen molar-refractivity contribution in [2.24, 2.45) is 0 Å². The summed E-state index contributed by atoms with van der Waals surface area (Å²) in [6, 6.07) is 3.47. The van der Waals surface area contributed by atoms with Gasteiger partial charge in [0.2, 0.25) is 0 Å². The van der Waals surface area contributed by atoms with E-state index in [0.29, 0.717) is 12.2 Å². The number of carbonyl (C=O) groups is 1. The molecule has 0 saturated carbocycles. The average Bonchev–Trinajstić information content (AvgIpc) is 2.34. The van der Waals surface area contributed by atoms with Crippen LogP contribution in [0.15, 0.2) is 22.8 Å². The van der Waals surface area contributed by atoms with Gasteiger partial charge in [-0.25, -0.2) is 4.98 Å². The molecule has 0 fully saturated rings. The van der Waals surface area contributed by atoms with Crippen LogP contribution in [-0.4, -0.2) is 40.7 Å². The molecule has 1 aromatic heterocycles. The van der Waals surface area contributed by atoms with Gasteiger partial charge in [0, 0.05) is 29.6 Å². The first-order valence-electron chi connectivity index (χ1n) is 5.32. The van der Waals surface area contributed by atoms with Gasteiger partial charge in [0.05, 0.1) is 0 Å². The molecule has 0 unspecified atom stereocenters. The highest BCUT2D eigenvalue weighted by atomic mass is 79.9. The summed E-state index contributed by atoms with van der Waals surface area (Å²) in [7, 11) is 0. The maximum absolute atomic E-state index is 11.6. The zero-order chi connectivity index (χ0) is 12.5. The number of hydrogen-bond donors (Lipinski definition) is 2. The normalized spacial score (nSPS) is 10.2. The Kier molecular flexibility index (Phi) is 7.23. The van der Waals surface area contributed by atoms with Crippen molar-refractivity contribution in [3.8, 4) is 0 Å². The van der Waals surface area contributed by atoms with Gasteiger partial charge in [0.25, 0.3) is 5.91 Å². The van der Waals surface area contributed by atoms with E-state index in [4.69, 9.17) is 5.11 Å². The lowest BCUT2D eigenvalue weighted by molar-refractivity contribution is 0.0951. The summed E-state index contributed by atoms with van der Waals surface area (Å²) < 4.78 is 0.855. The van der Waals surface area contributed by atoms with Crippen LogP contribution in [-0.2, 0) is 0 Å². The lowest BCUT2D eigenvalue weighted by Gasteiger charge is -2.04. The Morgan fingerprint density at radius 1 is 1.47 bits per heavy atom. The topological polar surface area (TPSA) is 62.2 Å². The zero-order valence-corrected chi connectivity index (χ0v) is 11.8. The van der Waals surface area contributed by atoms with Crippen molar-refractivity contribution >= 4 is 33.6 Å². The molecule has 1 amide bonds. The molecule has 0 saturated heterocycles. The van der Waals surface area contributed by atoms with Crippen LogP contribution in [0.2, 0.25) is 0 Å².